The van der Waals surface area contributed by atoms with Crippen molar-refractivity contribution < 1.29 is 14.4 Å². The van der Waals surface area contributed by atoms with Gasteiger partial charge in [0.05, 0.1) is 11.8 Å². The Labute approximate surface area is 146 Å². The van der Waals surface area contributed by atoms with Gasteiger partial charge in [-0.05, 0) is 30.5 Å². The third-order valence-corrected chi connectivity index (χ3v) is 5.20. The lowest BCUT2D eigenvalue weighted by molar-refractivity contribution is -0.146. The number of rotatable bonds is 4. The number of amides is 3. The Morgan fingerprint density at radius 1 is 1.21 bits per heavy atom. The highest BCUT2D eigenvalue weighted by Crippen LogP contribution is 2.37. The highest BCUT2D eigenvalue weighted by molar-refractivity contribution is 6.30. The Hall–Kier alpha value is -1.88. The van der Waals surface area contributed by atoms with Crippen molar-refractivity contribution in [2.24, 2.45) is 11.8 Å². The monoisotopic (exact) mass is 348 g/mol. The van der Waals surface area contributed by atoms with Gasteiger partial charge in [-0.3, -0.25) is 19.3 Å². The van der Waals surface area contributed by atoms with Crippen molar-refractivity contribution >= 4 is 29.3 Å². The molecule has 1 aromatic carbocycles. The zero-order valence-electron chi connectivity index (χ0n) is 13.7. The second-order valence-electron chi connectivity index (χ2n) is 6.64. The van der Waals surface area contributed by atoms with Crippen LogP contribution in [0.4, 0.5) is 0 Å². The fraction of sp³-hybridized carbons (Fsp3) is 0.500. The van der Waals surface area contributed by atoms with Gasteiger partial charge in [0, 0.05) is 18.6 Å². The van der Waals surface area contributed by atoms with E-state index in [-0.39, 0.29) is 36.1 Å². The first-order valence-electron chi connectivity index (χ1n) is 8.31. The van der Waals surface area contributed by atoms with Crippen LogP contribution < -0.4 is 0 Å². The number of hydrogen-bond acceptors (Lipinski definition) is 3. The fourth-order valence-corrected chi connectivity index (χ4v) is 3.85. The van der Waals surface area contributed by atoms with E-state index in [1.807, 2.05) is 12.1 Å². The minimum atomic E-state index is -0.240. The number of nitrogens with zero attached hydrogens (tertiary/aromatic N) is 2. The summed E-state index contributed by atoms with van der Waals surface area (Å²) < 4.78 is 0. The Morgan fingerprint density at radius 2 is 1.83 bits per heavy atom. The lowest BCUT2D eigenvalue weighted by Crippen LogP contribution is -2.41. The van der Waals surface area contributed by atoms with Gasteiger partial charge in [0.15, 0.2) is 0 Å². The molecule has 1 saturated heterocycles. The number of likely N-dealkylation sites (tertiary alicyclic amines) is 1. The SMILES string of the molecule is CN(Cc1cccc(Cl)c1)C(=O)CN1C(=O)C2CCCCC2C1=O. The summed E-state index contributed by atoms with van der Waals surface area (Å²) >= 11 is 5.95. The van der Waals surface area contributed by atoms with Crippen molar-refractivity contribution in [3.63, 3.8) is 0 Å². The molecular formula is C18H21ClN2O3. The number of hydrogen-bond donors (Lipinski definition) is 0. The first kappa shape index (κ1) is 17.0. The largest absolute Gasteiger partial charge is 0.340 e. The molecule has 2 unspecified atom stereocenters. The molecule has 5 nitrogen and oxygen atoms in total. The summed E-state index contributed by atoms with van der Waals surface area (Å²) in [6, 6.07) is 7.28. The average molecular weight is 349 g/mol. The number of imide groups is 1. The highest BCUT2D eigenvalue weighted by atomic mass is 35.5. The van der Waals surface area contributed by atoms with Crippen LogP contribution in [0, 0.1) is 11.8 Å². The summed E-state index contributed by atoms with van der Waals surface area (Å²) in [7, 11) is 1.67. The van der Waals surface area contributed by atoms with Crippen LogP contribution in [0.5, 0.6) is 0 Å². The molecule has 3 amide bonds. The summed E-state index contributed by atoms with van der Waals surface area (Å²) in [5, 5.41) is 0.613. The lowest BCUT2D eigenvalue weighted by Gasteiger charge is -2.21. The first-order chi connectivity index (χ1) is 11.5. The Balaban J connectivity index is 1.63. The molecule has 6 heteroatoms. The second kappa shape index (κ2) is 6.93. The minimum absolute atomic E-state index is 0.165. The molecule has 1 aliphatic heterocycles. The molecule has 24 heavy (non-hydrogen) atoms. The summed E-state index contributed by atoms with van der Waals surface area (Å²) in [6.45, 7) is 0.226. The zero-order chi connectivity index (χ0) is 17.3. The molecular weight excluding hydrogens is 328 g/mol. The van der Waals surface area contributed by atoms with Gasteiger partial charge < -0.3 is 4.90 Å². The van der Waals surface area contributed by atoms with Gasteiger partial charge in [-0.25, -0.2) is 0 Å². The van der Waals surface area contributed by atoms with E-state index >= 15 is 0 Å². The zero-order valence-corrected chi connectivity index (χ0v) is 14.5. The topological polar surface area (TPSA) is 57.7 Å². The molecule has 1 aromatic rings. The molecule has 0 bridgehead atoms. The van der Waals surface area contributed by atoms with Gasteiger partial charge >= 0.3 is 0 Å². The van der Waals surface area contributed by atoms with Crippen LogP contribution in [0.15, 0.2) is 24.3 Å². The molecule has 2 fully saturated rings. The predicted octanol–water partition coefficient (Wildman–Crippen LogP) is 2.47. The van der Waals surface area contributed by atoms with Crippen molar-refractivity contribution in [1.29, 1.82) is 0 Å². The second-order valence-corrected chi connectivity index (χ2v) is 7.08. The molecule has 0 N–H and O–H groups in total. The molecule has 1 heterocycles. The van der Waals surface area contributed by atoms with E-state index < -0.39 is 0 Å². The van der Waals surface area contributed by atoms with E-state index in [1.165, 1.54) is 4.90 Å². The van der Waals surface area contributed by atoms with E-state index in [0.29, 0.717) is 11.6 Å². The third kappa shape index (κ3) is 3.31. The minimum Gasteiger partial charge on any atom is -0.340 e. The molecule has 1 saturated carbocycles. The van der Waals surface area contributed by atoms with Crippen molar-refractivity contribution in [2.45, 2.75) is 32.2 Å². The summed E-state index contributed by atoms with van der Waals surface area (Å²) in [5.41, 5.74) is 0.908. The van der Waals surface area contributed by atoms with Crippen molar-refractivity contribution in [1.82, 2.24) is 9.80 Å². The highest BCUT2D eigenvalue weighted by Gasteiger charge is 2.48. The Morgan fingerprint density at radius 3 is 2.42 bits per heavy atom. The lowest BCUT2D eigenvalue weighted by atomic mass is 9.81. The summed E-state index contributed by atoms with van der Waals surface area (Å²) in [4.78, 5) is 40.0. The van der Waals surface area contributed by atoms with Crippen LogP contribution in [-0.4, -0.2) is 41.1 Å². The van der Waals surface area contributed by atoms with Crippen LogP contribution >= 0.6 is 11.6 Å². The van der Waals surface area contributed by atoms with Gasteiger partial charge in [-0.2, -0.15) is 0 Å². The van der Waals surface area contributed by atoms with Crippen LogP contribution in [0.1, 0.15) is 31.2 Å². The van der Waals surface area contributed by atoms with Gasteiger partial charge in [-0.1, -0.05) is 36.6 Å². The third-order valence-electron chi connectivity index (χ3n) is 4.96. The van der Waals surface area contributed by atoms with Crippen molar-refractivity contribution in [3.8, 4) is 0 Å². The standard InChI is InChI=1S/C18H21ClN2O3/c1-20(10-12-5-4-6-13(19)9-12)16(22)11-21-17(23)14-7-2-3-8-15(14)18(21)24/h4-6,9,14-15H,2-3,7-8,10-11H2,1H3. The molecule has 0 radical (unpaired) electrons. The van der Waals surface area contributed by atoms with Crippen molar-refractivity contribution in [2.75, 3.05) is 13.6 Å². The normalized spacial score (nSPS) is 23.3. The van der Waals surface area contributed by atoms with Gasteiger partial charge in [-0.15, -0.1) is 0 Å². The average Bonchev–Trinajstić information content (AvgIpc) is 2.80. The molecule has 2 aliphatic rings. The number of carbonyl (C=O) groups is 3. The number of likely N-dealkylation sites (N-methyl/N-ethyl adjacent to an activating group) is 1. The molecule has 1 aliphatic carbocycles. The van der Waals surface area contributed by atoms with Crippen molar-refractivity contribution in [3.05, 3.63) is 34.9 Å². The van der Waals surface area contributed by atoms with Gasteiger partial charge in [0.25, 0.3) is 0 Å². The van der Waals surface area contributed by atoms with E-state index in [4.69, 9.17) is 11.6 Å². The molecule has 0 aromatic heterocycles. The molecule has 3 rings (SSSR count). The maximum Gasteiger partial charge on any atom is 0.242 e. The Bertz CT molecular complexity index is 652. The number of fused-ring (bicyclic) bond motifs is 1. The van der Waals surface area contributed by atoms with E-state index in [0.717, 1.165) is 36.1 Å². The smallest absolute Gasteiger partial charge is 0.242 e. The van der Waals surface area contributed by atoms with Crippen LogP contribution in [0.3, 0.4) is 0 Å². The van der Waals surface area contributed by atoms with Gasteiger partial charge in [0.1, 0.15) is 6.54 Å². The van der Waals surface area contributed by atoms with Gasteiger partial charge in [0.2, 0.25) is 17.7 Å². The van der Waals surface area contributed by atoms with Crippen LogP contribution in [0.25, 0.3) is 0 Å². The number of halogens is 1. The quantitative estimate of drug-likeness (QED) is 0.785. The van der Waals surface area contributed by atoms with E-state index in [2.05, 4.69) is 0 Å². The van der Waals surface area contributed by atoms with Crippen LogP contribution in [-0.2, 0) is 20.9 Å². The maximum atomic E-state index is 12.4. The number of benzene rings is 1. The van der Waals surface area contributed by atoms with Crippen LogP contribution in [0.2, 0.25) is 5.02 Å². The van der Waals surface area contributed by atoms with E-state index in [9.17, 15) is 14.4 Å². The number of carbonyl (C=O) groups excluding carboxylic acids is 3. The first-order valence-corrected chi connectivity index (χ1v) is 8.69. The maximum absolute atomic E-state index is 12.4. The summed E-state index contributed by atoms with van der Waals surface area (Å²) in [6.07, 6.45) is 3.49. The Kier molecular flexibility index (Phi) is 4.90. The molecule has 0 spiro atoms. The summed E-state index contributed by atoms with van der Waals surface area (Å²) in [5.74, 6) is -1.01. The molecule has 128 valence electrons. The van der Waals surface area contributed by atoms with E-state index in [1.54, 1.807) is 19.2 Å². The predicted molar refractivity (Wildman–Crippen MR) is 90.1 cm³/mol. The molecule has 2 atom stereocenters. The fourth-order valence-electron chi connectivity index (χ4n) is 3.64.